The maximum Gasteiger partial charge on any atom is 0.243 e. The lowest BCUT2D eigenvalue weighted by Crippen LogP contribution is -2.41. The number of sulfonamides is 1. The van der Waals surface area contributed by atoms with Gasteiger partial charge in [0.05, 0.1) is 24.6 Å². The van der Waals surface area contributed by atoms with E-state index in [4.69, 9.17) is 16.3 Å². The Labute approximate surface area is 207 Å². The number of amides is 1. The molecule has 0 aliphatic rings. The van der Waals surface area contributed by atoms with E-state index in [9.17, 15) is 13.2 Å². The Hall–Kier alpha value is -2.39. The van der Waals surface area contributed by atoms with E-state index in [0.29, 0.717) is 16.3 Å². The van der Waals surface area contributed by atoms with Gasteiger partial charge in [-0.2, -0.15) is 4.31 Å². The van der Waals surface area contributed by atoms with Gasteiger partial charge in [0.2, 0.25) is 15.9 Å². The van der Waals surface area contributed by atoms with E-state index in [1.807, 2.05) is 31.2 Å². The Morgan fingerprint density at radius 3 is 2.33 bits per heavy atom. The first kappa shape index (κ1) is 25.2. The molecule has 0 aromatic heterocycles. The molecule has 0 saturated heterocycles. The van der Waals surface area contributed by atoms with Crippen molar-refractivity contribution in [3.05, 3.63) is 93.4 Å². The van der Waals surface area contributed by atoms with Crippen LogP contribution in [0, 0.1) is 0 Å². The van der Waals surface area contributed by atoms with Crippen molar-refractivity contribution >= 4 is 43.5 Å². The minimum absolute atomic E-state index is 0.0199. The molecular weight excluding hydrogens is 528 g/mol. The third-order valence-corrected chi connectivity index (χ3v) is 7.61. The van der Waals surface area contributed by atoms with Crippen molar-refractivity contribution in [2.45, 2.75) is 24.4 Å². The van der Waals surface area contributed by atoms with Crippen LogP contribution in [0.3, 0.4) is 0 Å². The van der Waals surface area contributed by atoms with Gasteiger partial charge in [-0.15, -0.1) is 0 Å². The lowest BCUT2D eigenvalue weighted by atomic mass is 10.1. The van der Waals surface area contributed by atoms with Crippen LogP contribution >= 0.6 is 27.5 Å². The summed E-state index contributed by atoms with van der Waals surface area (Å²) in [6.45, 7) is 1.50. The molecule has 0 radical (unpaired) electrons. The first-order valence-electron chi connectivity index (χ1n) is 10.1. The molecule has 0 aliphatic heterocycles. The van der Waals surface area contributed by atoms with Gasteiger partial charge in [0.25, 0.3) is 0 Å². The number of nitrogens with one attached hydrogen (secondary N) is 1. The maximum atomic E-state index is 13.4. The Bertz CT molecular complexity index is 1200. The topological polar surface area (TPSA) is 75.7 Å². The summed E-state index contributed by atoms with van der Waals surface area (Å²) in [6.07, 6.45) is 0. The van der Waals surface area contributed by atoms with Gasteiger partial charge in [-0.3, -0.25) is 4.79 Å². The SMILES string of the molecule is COc1ccccc1[C@@H](C)NC(=O)CN(Cc1ccc(Cl)cc1)S(=O)(=O)c1ccc(Br)cc1. The molecule has 6 nitrogen and oxygen atoms in total. The zero-order valence-corrected chi connectivity index (χ0v) is 21.3. The summed E-state index contributed by atoms with van der Waals surface area (Å²) < 4.78 is 34.1. The highest BCUT2D eigenvalue weighted by molar-refractivity contribution is 9.10. The van der Waals surface area contributed by atoms with E-state index in [1.165, 1.54) is 12.1 Å². The maximum absolute atomic E-state index is 13.4. The molecule has 3 aromatic rings. The van der Waals surface area contributed by atoms with Crippen LogP contribution in [0.2, 0.25) is 5.02 Å². The quantitative estimate of drug-likeness (QED) is 0.398. The van der Waals surface area contributed by atoms with Crippen molar-refractivity contribution in [1.82, 2.24) is 9.62 Å². The number of nitrogens with zero attached hydrogens (tertiary/aromatic N) is 1. The highest BCUT2D eigenvalue weighted by Gasteiger charge is 2.27. The lowest BCUT2D eigenvalue weighted by Gasteiger charge is -2.24. The van der Waals surface area contributed by atoms with Crippen LogP contribution in [0.15, 0.2) is 82.2 Å². The fourth-order valence-corrected chi connectivity index (χ4v) is 5.10. The molecule has 0 fully saturated rings. The minimum atomic E-state index is -3.94. The van der Waals surface area contributed by atoms with Crippen molar-refractivity contribution < 1.29 is 17.9 Å². The molecule has 174 valence electrons. The summed E-state index contributed by atoms with van der Waals surface area (Å²) in [5.74, 6) is 0.217. The first-order valence-corrected chi connectivity index (χ1v) is 12.7. The zero-order valence-electron chi connectivity index (χ0n) is 18.2. The van der Waals surface area contributed by atoms with Gasteiger partial charge in [0.15, 0.2) is 0 Å². The van der Waals surface area contributed by atoms with Gasteiger partial charge in [-0.25, -0.2) is 8.42 Å². The highest BCUT2D eigenvalue weighted by atomic mass is 79.9. The molecule has 0 unspecified atom stereocenters. The van der Waals surface area contributed by atoms with Crippen LogP contribution in [0.1, 0.15) is 24.1 Å². The van der Waals surface area contributed by atoms with Crippen molar-refractivity contribution in [1.29, 1.82) is 0 Å². The minimum Gasteiger partial charge on any atom is -0.496 e. The van der Waals surface area contributed by atoms with E-state index in [1.54, 1.807) is 43.5 Å². The average molecular weight is 552 g/mol. The summed E-state index contributed by atoms with van der Waals surface area (Å²) in [7, 11) is -2.38. The van der Waals surface area contributed by atoms with Crippen molar-refractivity contribution in [3.8, 4) is 5.75 Å². The number of benzene rings is 3. The molecule has 0 heterocycles. The molecule has 1 N–H and O–H groups in total. The van der Waals surface area contributed by atoms with E-state index in [2.05, 4.69) is 21.2 Å². The molecule has 9 heteroatoms. The number of hydrogen-bond acceptors (Lipinski definition) is 4. The second-order valence-electron chi connectivity index (χ2n) is 7.38. The fourth-order valence-electron chi connectivity index (χ4n) is 3.32. The second kappa shape index (κ2) is 11.2. The summed E-state index contributed by atoms with van der Waals surface area (Å²) in [4.78, 5) is 13.0. The number of rotatable bonds is 9. The van der Waals surface area contributed by atoms with Crippen LogP contribution in [0.4, 0.5) is 0 Å². The number of methoxy groups -OCH3 is 1. The summed E-state index contributed by atoms with van der Waals surface area (Å²) in [6, 6.07) is 20.1. The molecule has 3 rings (SSSR count). The normalized spacial score (nSPS) is 12.4. The Balaban J connectivity index is 1.84. The average Bonchev–Trinajstić information content (AvgIpc) is 2.80. The lowest BCUT2D eigenvalue weighted by molar-refractivity contribution is -0.122. The van der Waals surface area contributed by atoms with E-state index in [0.717, 1.165) is 14.3 Å². The molecule has 3 aromatic carbocycles. The number of hydrogen-bond donors (Lipinski definition) is 1. The van der Waals surface area contributed by atoms with E-state index < -0.39 is 15.9 Å². The largest absolute Gasteiger partial charge is 0.496 e. The predicted molar refractivity (Wildman–Crippen MR) is 133 cm³/mol. The van der Waals surface area contributed by atoms with E-state index in [-0.39, 0.29) is 24.0 Å². The van der Waals surface area contributed by atoms with Crippen LogP contribution < -0.4 is 10.1 Å². The van der Waals surface area contributed by atoms with Gasteiger partial charge >= 0.3 is 0 Å². The number of halogens is 2. The molecule has 0 bridgehead atoms. The number of ether oxygens (including phenoxy) is 1. The van der Waals surface area contributed by atoms with Gasteiger partial charge in [-0.1, -0.05) is 57.9 Å². The highest BCUT2D eigenvalue weighted by Crippen LogP contribution is 2.25. The van der Waals surface area contributed by atoms with E-state index >= 15 is 0 Å². The Morgan fingerprint density at radius 1 is 1.06 bits per heavy atom. The summed E-state index contributed by atoms with van der Waals surface area (Å²) >= 11 is 9.28. The predicted octanol–water partition coefficient (Wildman–Crippen LogP) is 5.18. The van der Waals surface area contributed by atoms with Crippen molar-refractivity contribution in [2.24, 2.45) is 0 Å². The van der Waals surface area contributed by atoms with Crippen molar-refractivity contribution in [2.75, 3.05) is 13.7 Å². The van der Waals surface area contributed by atoms with Crippen molar-refractivity contribution in [3.63, 3.8) is 0 Å². The number of carbonyl (C=O) groups excluding carboxylic acids is 1. The Kier molecular flexibility index (Phi) is 8.53. The zero-order chi connectivity index (χ0) is 24.0. The Morgan fingerprint density at radius 2 is 1.70 bits per heavy atom. The van der Waals surface area contributed by atoms with Gasteiger partial charge in [0, 0.05) is 21.6 Å². The molecule has 33 heavy (non-hydrogen) atoms. The monoisotopic (exact) mass is 550 g/mol. The van der Waals surface area contributed by atoms with Gasteiger partial charge in [0.1, 0.15) is 5.75 Å². The molecule has 1 amide bonds. The van der Waals surface area contributed by atoms with Crippen LogP contribution in [0.5, 0.6) is 5.75 Å². The summed E-state index contributed by atoms with van der Waals surface area (Å²) in [5, 5.41) is 3.42. The molecule has 0 saturated carbocycles. The second-order valence-corrected chi connectivity index (χ2v) is 10.7. The summed E-state index contributed by atoms with van der Waals surface area (Å²) in [5.41, 5.74) is 1.51. The van der Waals surface area contributed by atoms with Gasteiger partial charge in [-0.05, 0) is 55.0 Å². The number of para-hydroxylation sites is 1. The standard InChI is InChI=1S/C24H24BrClN2O4S/c1-17(22-5-3-4-6-23(22)32-2)27-24(29)16-28(15-18-7-11-20(26)12-8-18)33(30,31)21-13-9-19(25)10-14-21/h3-14,17H,15-16H2,1-2H3,(H,27,29)/t17-/m1/s1. The number of carbonyl (C=O) groups is 1. The molecule has 0 spiro atoms. The smallest absolute Gasteiger partial charge is 0.243 e. The third-order valence-electron chi connectivity index (χ3n) is 5.03. The van der Waals surface area contributed by atoms with Crippen LogP contribution in [-0.4, -0.2) is 32.3 Å². The van der Waals surface area contributed by atoms with Crippen LogP contribution in [-0.2, 0) is 21.4 Å². The molecular formula is C24H24BrClN2O4S. The first-order chi connectivity index (χ1) is 15.7. The molecule has 0 aliphatic carbocycles. The fraction of sp³-hybridized carbons (Fsp3) is 0.208. The third kappa shape index (κ3) is 6.57. The van der Waals surface area contributed by atoms with Gasteiger partial charge < -0.3 is 10.1 Å². The molecule has 1 atom stereocenters. The van der Waals surface area contributed by atoms with Crippen LogP contribution in [0.25, 0.3) is 0 Å².